The van der Waals surface area contributed by atoms with Gasteiger partial charge in [-0.15, -0.1) is 0 Å². The first-order valence-corrected chi connectivity index (χ1v) is 6.90. The predicted molar refractivity (Wildman–Crippen MR) is 69.6 cm³/mol. The highest BCUT2D eigenvalue weighted by molar-refractivity contribution is 5.27. The monoisotopic (exact) mass is 289 g/mol. The van der Waals surface area contributed by atoms with Gasteiger partial charge in [-0.3, -0.25) is 9.78 Å². The number of aromatic nitrogens is 2. The predicted octanol–water partition coefficient (Wildman–Crippen LogP) is 3.31. The maximum atomic E-state index is 12.6. The summed E-state index contributed by atoms with van der Waals surface area (Å²) in [4.78, 5) is 17.1. The molecule has 0 aliphatic heterocycles. The third-order valence-corrected chi connectivity index (χ3v) is 3.48. The third-order valence-electron chi connectivity index (χ3n) is 3.48. The molecule has 112 valence electrons. The smallest absolute Gasteiger partial charge is 0.353 e. The van der Waals surface area contributed by atoms with Crippen LogP contribution in [0.1, 0.15) is 50.6 Å². The Hall–Kier alpha value is -1.53. The Morgan fingerprint density at radius 3 is 2.35 bits per heavy atom. The van der Waals surface area contributed by atoms with E-state index in [9.17, 15) is 18.0 Å². The molecule has 0 unspecified atom stereocenters. The molecule has 2 rings (SSSR count). The molecule has 1 aromatic heterocycles. The van der Waals surface area contributed by atoms with E-state index in [0.29, 0.717) is 6.07 Å². The van der Waals surface area contributed by atoms with E-state index in [0.717, 1.165) is 38.5 Å². The van der Waals surface area contributed by atoms with Gasteiger partial charge in [0.25, 0.3) is 5.56 Å². The van der Waals surface area contributed by atoms with Crippen LogP contribution in [-0.4, -0.2) is 16.0 Å². The summed E-state index contributed by atoms with van der Waals surface area (Å²) < 4.78 is 37.8. The fraction of sp³-hybridized carbons (Fsp3) is 0.692. The molecule has 7 heteroatoms. The molecule has 0 radical (unpaired) electrons. The number of H-pyrrole nitrogens is 1. The number of aromatic amines is 1. The maximum absolute atomic E-state index is 12.6. The largest absolute Gasteiger partial charge is 0.433 e. The molecule has 0 atom stereocenters. The fourth-order valence-corrected chi connectivity index (χ4v) is 2.47. The second kappa shape index (κ2) is 6.28. The molecule has 1 fully saturated rings. The first-order chi connectivity index (χ1) is 9.45. The molecule has 1 saturated carbocycles. The number of nitrogens with one attached hydrogen (secondary N) is 2. The van der Waals surface area contributed by atoms with Crippen LogP contribution in [0.2, 0.25) is 0 Å². The Kier molecular flexibility index (Phi) is 4.67. The SMILES string of the molecule is O=c1cc(C(F)(F)F)nc(NC2CCCCCCC2)[nH]1. The first-order valence-electron chi connectivity index (χ1n) is 6.90. The van der Waals surface area contributed by atoms with Crippen LogP contribution in [0.3, 0.4) is 0 Å². The van der Waals surface area contributed by atoms with E-state index in [1.807, 2.05) is 0 Å². The van der Waals surface area contributed by atoms with Crippen LogP contribution in [0, 0.1) is 0 Å². The molecule has 20 heavy (non-hydrogen) atoms. The Balaban J connectivity index is 2.11. The summed E-state index contributed by atoms with van der Waals surface area (Å²) in [6.07, 6.45) is 2.76. The van der Waals surface area contributed by atoms with Crippen molar-refractivity contribution < 1.29 is 13.2 Å². The van der Waals surface area contributed by atoms with Gasteiger partial charge in [-0.05, 0) is 12.8 Å². The van der Waals surface area contributed by atoms with E-state index < -0.39 is 17.4 Å². The second-order valence-electron chi connectivity index (χ2n) is 5.16. The number of halogens is 3. The van der Waals surface area contributed by atoms with Gasteiger partial charge in [0.15, 0.2) is 5.69 Å². The normalized spacial score (nSPS) is 18.4. The summed E-state index contributed by atoms with van der Waals surface area (Å²) in [6.45, 7) is 0. The number of anilines is 1. The lowest BCUT2D eigenvalue weighted by Gasteiger charge is -2.21. The number of hydrogen-bond donors (Lipinski definition) is 2. The minimum atomic E-state index is -4.61. The van der Waals surface area contributed by atoms with Crippen LogP contribution >= 0.6 is 0 Å². The zero-order valence-electron chi connectivity index (χ0n) is 11.1. The second-order valence-corrected chi connectivity index (χ2v) is 5.16. The van der Waals surface area contributed by atoms with Gasteiger partial charge in [-0.2, -0.15) is 13.2 Å². The van der Waals surface area contributed by atoms with Crippen molar-refractivity contribution in [3.63, 3.8) is 0 Å². The van der Waals surface area contributed by atoms with Crippen molar-refractivity contribution in [3.8, 4) is 0 Å². The standard InChI is InChI=1S/C13H18F3N3O/c14-13(15,16)10-8-11(20)19-12(18-10)17-9-6-4-2-1-3-5-7-9/h8-9H,1-7H2,(H2,17,18,19,20). The average Bonchev–Trinajstić information content (AvgIpc) is 2.30. The Labute approximate surface area is 114 Å². The summed E-state index contributed by atoms with van der Waals surface area (Å²) in [5.41, 5.74) is -1.95. The van der Waals surface area contributed by atoms with Gasteiger partial charge in [0.2, 0.25) is 5.95 Å². The number of hydrogen-bond acceptors (Lipinski definition) is 3. The van der Waals surface area contributed by atoms with Gasteiger partial charge in [0.05, 0.1) is 0 Å². The molecule has 1 aliphatic rings. The molecular formula is C13H18F3N3O. The van der Waals surface area contributed by atoms with Gasteiger partial charge in [-0.25, -0.2) is 4.98 Å². The van der Waals surface area contributed by atoms with Crippen molar-refractivity contribution in [1.29, 1.82) is 0 Å². The van der Waals surface area contributed by atoms with E-state index in [1.54, 1.807) is 0 Å². The molecule has 0 spiro atoms. The minimum Gasteiger partial charge on any atom is -0.353 e. The molecule has 1 heterocycles. The van der Waals surface area contributed by atoms with Gasteiger partial charge in [0, 0.05) is 12.1 Å². The molecule has 1 aliphatic carbocycles. The van der Waals surface area contributed by atoms with Crippen LogP contribution in [0.25, 0.3) is 0 Å². The summed E-state index contributed by atoms with van der Waals surface area (Å²) in [5.74, 6) is -0.0876. The molecule has 1 aromatic rings. The van der Waals surface area contributed by atoms with E-state index in [-0.39, 0.29) is 12.0 Å². The van der Waals surface area contributed by atoms with Crippen molar-refractivity contribution in [2.45, 2.75) is 57.2 Å². The zero-order valence-corrected chi connectivity index (χ0v) is 11.1. The highest BCUT2D eigenvalue weighted by atomic mass is 19.4. The van der Waals surface area contributed by atoms with Crippen LogP contribution in [0.5, 0.6) is 0 Å². The summed E-state index contributed by atoms with van der Waals surface area (Å²) in [6, 6.07) is 0.547. The fourth-order valence-electron chi connectivity index (χ4n) is 2.47. The van der Waals surface area contributed by atoms with Crippen LogP contribution in [-0.2, 0) is 6.18 Å². The molecular weight excluding hydrogens is 271 g/mol. The first kappa shape index (κ1) is 14.9. The van der Waals surface area contributed by atoms with Crippen molar-refractivity contribution >= 4 is 5.95 Å². The molecule has 4 nitrogen and oxygen atoms in total. The molecule has 0 bridgehead atoms. The Bertz CT molecular complexity index is 490. The van der Waals surface area contributed by atoms with Crippen LogP contribution in [0.15, 0.2) is 10.9 Å². The number of nitrogens with zero attached hydrogens (tertiary/aromatic N) is 1. The zero-order chi connectivity index (χ0) is 14.6. The van der Waals surface area contributed by atoms with E-state index in [2.05, 4.69) is 15.3 Å². The summed E-state index contributed by atoms with van der Waals surface area (Å²) in [7, 11) is 0. The summed E-state index contributed by atoms with van der Waals surface area (Å²) in [5, 5.41) is 2.94. The molecule has 2 N–H and O–H groups in total. The lowest BCUT2D eigenvalue weighted by Crippen LogP contribution is -2.25. The van der Waals surface area contributed by atoms with Gasteiger partial charge < -0.3 is 5.32 Å². The lowest BCUT2D eigenvalue weighted by atomic mass is 9.97. The minimum absolute atomic E-state index is 0.0712. The topological polar surface area (TPSA) is 57.8 Å². The average molecular weight is 289 g/mol. The molecule has 0 aromatic carbocycles. The van der Waals surface area contributed by atoms with E-state index in [1.165, 1.54) is 6.42 Å². The van der Waals surface area contributed by atoms with Gasteiger partial charge >= 0.3 is 6.18 Å². The van der Waals surface area contributed by atoms with Crippen LogP contribution < -0.4 is 10.9 Å². The number of rotatable bonds is 2. The number of alkyl halides is 3. The Morgan fingerprint density at radius 2 is 1.75 bits per heavy atom. The maximum Gasteiger partial charge on any atom is 0.433 e. The van der Waals surface area contributed by atoms with Crippen molar-refractivity contribution in [2.24, 2.45) is 0 Å². The van der Waals surface area contributed by atoms with Crippen molar-refractivity contribution in [3.05, 3.63) is 22.1 Å². The highest BCUT2D eigenvalue weighted by Gasteiger charge is 2.33. The highest BCUT2D eigenvalue weighted by Crippen LogP contribution is 2.27. The Morgan fingerprint density at radius 1 is 1.15 bits per heavy atom. The van der Waals surface area contributed by atoms with Crippen molar-refractivity contribution in [2.75, 3.05) is 5.32 Å². The lowest BCUT2D eigenvalue weighted by molar-refractivity contribution is -0.141. The van der Waals surface area contributed by atoms with Crippen LogP contribution in [0.4, 0.5) is 19.1 Å². The van der Waals surface area contributed by atoms with Gasteiger partial charge in [0.1, 0.15) is 0 Å². The molecule has 0 saturated heterocycles. The third kappa shape index (κ3) is 4.25. The van der Waals surface area contributed by atoms with E-state index >= 15 is 0 Å². The van der Waals surface area contributed by atoms with Crippen molar-refractivity contribution in [1.82, 2.24) is 9.97 Å². The quantitative estimate of drug-likeness (QED) is 0.878. The summed E-state index contributed by atoms with van der Waals surface area (Å²) >= 11 is 0. The van der Waals surface area contributed by atoms with E-state index in [4.69, 9.17) is 0 Å². The van der Waals surface area contributed by atoms with Gasteiger partial charge in [-0.1, -0.05) is 32.1 Å². The molecule has 0 amide bonds.